The van der Waals surface area contributed by atoms with E-state index in [1.807, 2.05) is 0 Å². The Morgan fingerprint density at radius 1 is 1.04 bits per heavy atom. The second-order valence-corrected chi connectivity index (χ2v) is 5.53. The van der Waals surface area contributed by atoms with Crippen LogP contribution in [-0.4, -0.2) is 16.1 Å². The number of halogens is 3. The Kier molecular flexibility index (Phi) is 4.05. The number of aliphatic carboxylic acids is 1. The standard InChI is InChI=1S/C18H14F3NO2/c19-18(20,21)15-7-3-1-5-11(15)13(9-17(23)24)14-10-22-16-8-4-2-6-12(14)16/h1-8,10,13,22H,9H2,(H,23,24)/t13-/m1/s1. The van der Waals surface area contributed by atoms with Crippen molar-refractivity contribution in [2.24, 2.45) is 0 Å². The number of carboxylic acid groups (broad SMARTS) is 1. The van der Waals surface area contributed by atoms with Crippen molar-refractivity contribution >= 4 is 16.9 Å². The van der Waals surface area contributed by atoms with Crippen molar-refractivity contribution in [3.8, 4) is 0 Å². The minimum atomic E-state index is -4.54. The summed E-state index contributed by atoms with van der Waals surface area (Å²) >= 11 is 0. The van der Waals surface area contributed by atoms with Crippen LogP contribution in [0.25, 0.3) is 10.9 Å². The molecule has 0 amide bonds. The minimum Gasteiger partial charge on any atom is -0.481 e. The van der Waals surface area contributed by atoms with Crippen molar-refractivity contribution in [2.45, 2.75) is 18.5 Å². The van der Waals surface area contributed by atoms with E-state index in [1.165, 1.54) is 18.2 Å². The van der Waals surface area contributed by atoms with E-state index in [-0.39, 0.29) is 5.56 Å². The van der Waals surface area contributed by atoms with Crippen molar-refractivity contribution in [3.05, 3.63) is 71.4 Å². The molecule has 0 spiro atoms. The number of alkyl halides is 3. The van der Waals surface area contributed by atoms with Gasteiger partial charge in [-0.1, -0.05) is 36.4 Å². The van der Waals surface area contributed by atoms with Crippen LogP contribution in [0.5, 0.6) is 0 Å². The highest BCUT2D eigenvalue weighted by Crippen LogP contribution is 2.40. The number of fused-ring (bicyclic) bond motifs is 1. The minimum absolute atomic E-state index is 0.0304. The van der Waals surface area contributed by atoms with E-state index < -0.39 is 30.0 Å². The summed E-state index contributed by atoms with van der Waals surface area (Å²) in [7, 11) is 0. The molecule has 2 N–H and O–H groups in total. The van der Waals surface area contributed by atoms with Gasteiger partial charge in [0.1, 0.15) is 0 Å². The van der Waals surface area contributed by atoms with Crippen LogP contribution in [0.15, 0.2) is 54.7 Å². The number of carboxylic acids is 1. The second-order valence-electron chi connectivity index (χ2n) is 5.53. The zero-order valence-corrected chi connectivity index (χ0v) is 12.5. The molecule has 124 valence electrons. The number of aromatic amines is 1. The third-order valence-electron chi connectivity index (χ3n) is 4.02. The molecule has 3 nitrogen and oxygen atoms in total. The van der Waals surface area contributed by atoms with E-state index in [2.05, 4.69) is 4.98 Å². The van der Waals surface area contributed by atoms with Crippen LogP contribution in [0.4, 0.5) is 13.2 Å². The van der Waals surface area contributed by atoms with Crippen molar-refractivity contribution < 1.29 is 23.1 Å². The Morgan fingerprint density at radius 2 is 1.71 bits per heavy atom. The number of hydrogen-bond donors (Lipinski definition) is 2. The number of para-hydroxylation sites is 1. The van der Waals surface area contributed by atoms with E-state index in [4.69, 9.17) is 0 Å². The molecule has 2 aromatic carbocycles. The molecule has 0 bridgehead atoms. The quantitative estimate of drug-likeness (QED) is 0.721. The topological polar surface area (TPSA) is 53.1 Å². The van der Waals surface area contributed by atoms with Crippen molar-refractivity contribution in [3.63, 3.8) is 0 Å². The average Bonchev–Trinajstić information content (AvgIpc) is 2.95. The number of aromatic nitrogens is 1. The van der Waals surface area contributed by atoms with Gasteiger partial charge >= 0.3 is 12.1 Å². The van der Waals surface area contributed by atoms with Crippen LogP contribution < -0.4 is 0 Å². The van der Waals surface area contributed by atoms with E-state index >= 15 is 0 Å². The predicted octanol–water partition coefficient (Wildman–Crippen LogP) is 4.79. The highest BCUT2D eigenvalue weighted by Gasteiger charge is 2.36. The zero-order chi connectivity index (χ0) is 17.3. The SMILES string of the molecule is O=C(O)C[C@H](c1ccccc1C(F)(F)F)c1c[nH]c2ccccc12. The predicted molar refractivity (Wildman–Crippen MR) is 83.8 cm³/mol. The van der Waals surface area contributed by atoms with Gasteiger partial charge in [0.2, 0.25) is 0 Å². The maximum absolute atomic E-state index is 13.3. The van der Waals surface area contributed by atoms with Gasteiger partial charge in [-0.2, -0.15) is 13.2 Å². The Hall–Kier alpha value is -2.76. The number of hydrogen-bond acceptors (Lipinski definition) is 1. The molecule has 1 atom stereocenters. The van der Waals surface area contributed by atoms with Gasteiger partial charge in [0, 0.05) is 23.0 Å². The summed E-state index contributed by atoms with van der Waals surface area (Å²) in [6.45, 7) is 0. The lowest BCUT2D eigenvalue weighted by Gasteiger charge is -2.20. The summed E-state index contributed by atoms with van der Waals surface area (Å²) in [5, 5.41) is 9.94. The molecule has 0 saturated carbocycles. The Balaban J connectivity index is 2.20. The number of nitrogens with one attached hydrogen (secondary N) is 1. The zero-order valence-electron chi connectivity index (χ0n) is 12.5. The normalized spacial score (nSPS) is 13.1. The Labute approximate surface area is 135 Å². The molecule has 1 aromatic heterocycles. The molecular weight excluding hydrogens is 319 g/mol. The summed E-state index contributed by atoms with van der Waals surface area (Å²) in [5.41, 5.74) is 0.468. The van der Waals surface area contributed by atoms with E-state index in [0.717, 1.165) is 17.0 Å². The molecule has 0 aliphatic rings. The number of benzene rings is 2. The van der Waals surface area contributed by atoms with E-state index in [9.17, 15) is 23.1 Å². The van der Waals surface area contributed by atoms with Gasteiger partial charge in [0.25, 0.3) is 0 Å². The van der Waals surface area contributed by atoms with Crippen LogP contribution in [0.3, 0.4) is 0 Å². The first-order valence-electron chi connectivity index (χ1n) is 7.32. The molecule has 3 rings (SSSR count). The van der Waals surface area contributed by atoms with Gasteiger partial charge < -0.3 is 10.1 Å². The fourth-order valence-electron chi connectivity index (χ4n) is 3.00. The molecule has 0 aliphatic heterocycles. The number of carbonyl (C=O) groups is 1. The van der Waals surface area contributed by atoms with E-state index in [0.29, 0.717) is 5.56 Å². The lowest BCUT2D eigenvalue weighted by molar-refractivity contribution is -0.140. The monoisotopic (exact) mass is 333 g/mol. The van der Waals surface area contributed by atoms with Gasteiger partial charge in [0.05, 0.1) is 12.0 Å². The lowest BCUT2D eigenvalue weighted by atomic mass is 9.85. The average molecular weight is 333 g/mol. The second kappa shape index (κ2) is 6.03. The molecular formula is C18H14F3NO2. The van der Waals surface area contributed by atoms with Crippen LogP contribution >= 0.6 is 0 Å². The van der Waals surface area contributed by atoms with Crippen molar-refractivity contribution in [2.75, 3.05) is 0 Å². The Morgan fingerprint density at radius 3 is 2.42 bits per heavy atom. The molecule has 24 heavy (non-hydrogen) atoms. The van der Waals surface area contributed by atoms with E-state index in [1.54, 1.807) is 30.5 Å². The fraction of sp³-hybridized carbons (Fsp3) is 0.167. The van der Waals surface area contributed by atoms with Gasteiger partial charge in [-0.3, -0.25) is 4.79 Å². The highest BCUT2D eigenvalue weighted by atomic mass is 19.4. The first-order valence-corrected chi connectivity index (χ1v) is 7.32. The number of rotatable bonds is 4. The molecule has 0 radical (unpaired) electrons. The fourth-order valence-corrected chi connectivity index (χ4v) is 3.00. The largest absolute Gasteiger partial charge is 0.481 e. The van der Waals surface area contributed by atoms with Gasteiger partial charge in [-0.15, -0.1) is 0 Å². The van der Waals surface area contributed by atoms with Crippen LogP contribution in [0.2, 0.25) is 0 Å². The molecule has 0 saturated heterocycles. The molecule has 6 heteroatoms. The maximum Gasteiger partial charge on any atom is 0.416 e. The first-order chi connectivity index (χ1) is 11.4. The van der Waals surface area contributed by atoms with Gasteiger partial charge in [-0.05, 0) is 23.3 Å². The van der Waals surface area contributed by atoms with Crippen LogP contribution in [0, 0.1) is 0 Å². The number of H-pyrrole nitrogens is 1. The lowest BCUT2D eigenvalue weighted by Crippen LogP contribution is -2.15. The van der Waals surface area contributed by atoms with Gasteiger partial charge in [-0.25, -0.2) is 0 Å². The van der Waals surface area contributed by atoms with Crippen LogP contribution in [0.1, 0.15) is 29.0 Å². The Bertz CT molecular complexity index is 883. The summed E-state index contributed by atoms with van der Waals surface area (Å²) < 4.78 is 40.0. The van der Waals surface area contributed by atoms with Crippen molar-refractivity contribution in [1.29, 1.82) is 0 Å². The molecule has 3 aromatic rings. The molecule has 0 unspecified atom stereocenters. The summed E-state index contributed by atoms with van der Waals surface area (Å²) in [6, 6.07) is 12.3. The van der Waals surface area contributed by atoms with Crippen LogP contribution in [-0.2, 0) is 11.0 Å². The van der Waals surface area contributed by atoms with Crippen molar-refractivity contribution in [1.82, 2.24) is 4.98 Å². The molecule has 1 heterocycles. The summed E-state index contributed by atoms with van der Waals surface area (Å²) in [5.74, 6) is -2.04. The third kappa shape index (κ3) is 2.99. The third-order valence-corrected chi connectivity index (χ3v) is 4.02. The molecule has 0 aliphatic carbocycles. The highest BCUT2D eigenvalue weighted by molar-refractivity contribution is 5.85. The smallest absolute Gasteiger partial charge is 0.416 e. The summed E-state index contributed by atoms with van der Waals surface area (Å²) in [6.07, 6.45) is -3.38. The van der Waals surface area contributed by atoms with Gasteiger partial charge in [0.15, 0.2) is 0 Å². The first kappa shape index (κ1) is 16.1. The summed E-state index contributed by atoms with van der Waals surface area (Å²) in [4.78, 5) is 14.3. The molecule has 0 fully saturated rings. The maximum atomic E-state index is 13.3.